The molecule has 2 N–H and O–H groups in total. The van der Waals surface area contributed by atoms with E-state index >= 15 is 0 Å². The Balaban J connectivity index is 1.98. The molecule has 0 saturated heterocycles. The Labute approximate surface area is 193 Å². The summed E-state index contributed by atoms with van der Waals surface area (Å²) in [7, 11) is -3.94. The van der Waals surface area contributed by atoms with Crippen LogP contribution < -0.4 is 5.32 Å². The summed E-state index contributed by atoms with van der Waals surface area (Å²) in [5.74, 6) is -0.865. The average molecular weight is 580 g/mol. The van der Waals surface area contributed by atoms with Gasteiger partial charge in [-0.05, 0) is 70.5 Å². The monoisotopic (exact) mass is 577 g/mol. The Hall–Kier alpha value is -1.58. The Bertz CT molecular complexity index is 1220. The molecule has 0 atom stereocenters. The zero-order chi connectivity index (χ0) is 21.3. The van der Waals surface area contributed by atoms with Crippen LogP contribution in [-0.2, 0) is 9.84 Å². The highest BCUT2D eigenvalue weighted by Gasteiger charge is 2.22. The summed E-state index contributed by atoms with van der Waals surface area (Å²) in [6, 6.07) is 12.8. The molecule has 150 valence electrons. The first-order chi connectivity index (χ1) is 13.6. The highest BCUT2D eigenvalue weighted by molar-refractivity contribution is 9.11. The first kappa shape index (κ1) is 22.1. The van der Waals surface area contributed by atoms with Gasteiger partial charge < -0.3 is 10.4 Å². The van der Waals surface area contributed by atoms with E-state index < -0.39 is 15.7 Å². The van der Waals surface area contributed by atoms with Crippen molar-refractivity contribution in [3.63, 3.8) is 0 Å². The number of nitrogens with one attached hydrogen (secondary N) is 1. The molecule has 0 fully saturated rings. The van der Waals surface area contributed by atoms with E-state index in [0.717, 1.165) is 0 Å². The van der Waals surface area contributed by atoms with Crippen LogP contribution in [-0.4, -0.2) is 19.4 Å². The minimum Gasteiger partial charge on any atom is -0.506 e. The smallest absolute Gasteiger partial charge is 0.259 e. The molecule has 0 unspecified atom stereocenters. The average Bonchev–Trinajstić information content (AvgIpc) is 2.66. The molecule has 5 nitrogen and oxygen atoms in total. The maximum Gasteiger partial charge on any atom is 0.259 e. The van der Waals surface area contributed by atoms with Gasteiger partial charge in [0.15, 0.2) is 0 Å². The van der Waals surface area contributed by atoms with Crippen LogP contribution in [0.4, 0.5) is 5.69 Å². The highest BCUT2D eigenvalue weighted by atomic mass is 79.9. The van der Waals surface area contributed by atoms with E-state index in [9.17, 15) is 18.3 Å². The number of aromatic hydroxyl groups is 1. The van der Waals surface area contributed by atoms with E-state index in [0.29, 0.717) is 14.0 Å². The number of sulfone groups is 1. The number of amides is 1. The van der Waals surface area contributed by atoms with Crippen molar-refractivity contribution in [2.45, 2.75) is 9.79 Å². The molecule has 0 heterocycles. The fourth-order valence-electron chi connectivity index (χ4n) is 2.47. The molecule has 1 amide bonds. The predicted octanol–water partition coefficient (Wildman–Crippen LogP) is 6.31. The zero-order valence-electron chi connectivity index (χ0n) is 14.3. The molecule has 0 radical (unpaired) electrons. The molecule has 0 bridgehead atoms. The van der Waals surface area contributed by atoms with Crippen molar-refractivity contribution in [3.8, 4) is 5.75 Å². The molecule has 0 aliphatic rings. The largest absolute Gasteiger partial charge is 0.506 e. The van der Waals surface area contributed by atoms with E-state index in [1.165, 1.54) is 48.5 Å². The van der Waals surface area contributed by atoms with Gasteiger partial charge in [0.2, 0.25) is 9.84 Å². The van der Waals surface area contributed by atoms with Gasteiger partial charge in [0.25, 0.3) is 5.91 Å². The molecule has 3 aromatic rings. The van der Waals surface area contributed by atoms with Crippen molar-refractivity contribution in [2.75, 3.05) is 5.32 Å². The number of phenols is 1. The second kappa shape index (κ2) is 8.65. The first-order valence-corrected chi connectivity index (χ1v) is 11.7. The Morgan fingerprint density at radius 2 is 1.62 bits per heavy atom. The number of anilines is 1. The van der Waals surface area contributed by atoms with Gasteiger partial charge in [-0.3, -0.25) is 4.79 Å². The number of carbonyl (C=O) groups excluding carboxylic acids is 1. The Morgan fingerprint density at radius 3 is 2.28 bits per heavy atom. The second-order valence-electron chi connectivity index (χ2n) is 5.84. The Morgan fingerprint density at radius 1 is 0.966 bits per heavy atom. The predicted molar refractivity (Wildman–Crippen MR) is 120 cm³/mol. The van der Waals surface area contributed by atoms with E-state index in [1.807, 2.05) is 0 Å². The van der Waals surface area contributed by atoms with Crippen LogP contribution in [0.3, 0.4) is 0 Å². The number of rotatable bonds is 4. The molecule has 29 heavy (non-hydrogen) atoms. The fourth-order valence-corrected chi connectivity index (χ4v) is 5.59. The van der Waals surface area contributed by atoms with Crippen LogP contribution in [0.25, 0.3) is 0 Å². The van der Waals surface area contributed by atoms with Gasteiger partial charge in [0.1, 0.15) is 5.75 Å². The van der Waals surface area contributed by atoms with E-state index in [4.69, 9.17) is 23.2 Å². The van der Waals surface area contributed by atoms with Gasteiger partial charge in [-0.1, -0.05) is 39.1 Å². The number of phenolic OH excluding ortho intramolecular Hbond substituents is 1. The van der Waals surface area contributed by atoms with Gasteiger partial charge in [0.05, 0.1) is 24.8 Å². The molecule has 0 aliphatic heterocycles. The summed E-state index contributed by atoms with van der Waals surface area (Å²) >= 11 is 18.3. The van der Waals surface area contributed by atoms with Crippen LogP contribution in [0.5, 0.6) is 5.75 Å². The van der Waals surface area contributed by atoms with Crippen LogP contribution in [0, 0.1) is 0 Å². The van der Waals surface area contributed by atoms with Crippen molar-refractivity contribution in [3.05, 3.63) is 79.2 Å². The fraction of sp³-hybridized carbons (Fsp3) is 0. The quantitative estimate of drug-likeness (QED) is 0.379. The van der Waals surface area contributed by atoms with Crippen molar-refractivity contribution >= 4 is 76.5 Å². The van der Waals surface area contributed by atoms with E-state index in [2.05, 4.69) is 37.2 Å². The molecular weight excluding hydrogens is 569 g/mol. The molecule has 3 rings (SSSR count). The third-order valence-corrected chi connectivity index (χ3v) is 7.44. The minimum atomic E-state index is -3.94. The molecule has 3 aromatic carbocycles. The minimum absolute atomic E-state index is 0.00306. The number of hydrogen-bond acceptors (Lipinski definition) is 4. The summed E-state index contributed by atoms with van der Waals surface area (Å²) < 4.78 is 26.8. The van der Waals surface area contributed by atoms with E-state index in [-0.39, 0.29) is 31.8 Å². The lowest BCUT2D eigenvalue weighted by Crippen LogP contribution is -2.13. The molecular formula is C19H11Br2Cl2NO4S. The van der Waals surface area contributed by atoms with Crippen LogP contribution in [0.2, 0.25) is 10.0 Å². The summed E-state index contributed by atoms with van der Waals surface area (Å²) in [4.78, 5) is 12.4. The molecule has 0 saturated carbocycles. The summed E-state index contributed by atoms with van der Waals surface area (Å²) in [5, 5.41) is 13.1. The molecule has 0 aromatic heterocycles. The number of carbonyl (C=O) groups is 1. The molecule has 0 spiro atoms. The summed E-state index contributed by atoms with van der Waals surface area (Å²) in [5.41, 5.74) is 0.200. The van der Waals surface area contributed by atoms with Gasteiger partial charge >= 0.3 is 0 Å². The lowest BCUT2D eigenvalue weighted by atomic mass is 10.2. The van der Waals surface area contributed by atoms with Crippen LogP contribution >= 0.6 is 55.1 Å². The highest BCUT2D eigenvalue weighted by Crippen LogP contribution is 2.34. The summed E-state index contributed by atoms with van der Waals surface area (Å²) in [6.07, 6.45) is 0. The lowest BCUT2D eigenvalue weighted by Gasteiger charge is -2.12. The van der Waals surface area contributed by atoms with Gasteiger partial charge in [-0.25, -0.2) is 8.42 Å². The SMILES string of the molecule is O=C(Nc1ccc(Cl)c(S(=O)(=O)c2ccc(Cl)cc2)c1)c1cc(Br)cc(Br)c1O. The first-order valence-electron chi connectivity index (χ1n) is 7.89. The van der Waals surface area contributed by atoms with E-state index in [1.54, 1.807) is 6.07 Å². The standard InChI is InChI=1S/C19H11Br2Cl2NO4S/c20-10-7-14(18(25)15(21)8-10)19(26)24-12-3-6-16(23)17(9-12)29(27,28)13-4-1-11(22)2-5-13/h1-9,25H,(H,24,26). The van der Waals surface area contributed by atoms with Crippen molar-refractivity contribution in [1.82, 2.24) is 0 Å². The van der Waals surface area contributed by atoms with Crippen molar-refractivity contribution < 1.29 is 18.3 Å². The maximum atomic E-state index is 12.9. The summed E-state index contributed by atoms with van der Waals surface area (Å²) in [6.45, 7) is 0. The van der Waals surface area contributed by atoms with Crippen molar-refractivity contribution in [2.24, 2.45) is 0 Å². The molecule has 0 aliphatic carbocycles. The van der Waals surface area contributed by atoms with Gasteiger partial charge in [-0.15, -0.1) is 0 Å². The normalized spacial score (nSPS) is 11.3. The third kappa shape index (κ3) is 4.78. The third-order valence-electron chi connectivity index (χ3n) is 3.88. The Kier molecular flexibility index (Phi) is 6.60. The topological polar surface area (TPSA) is 83.5 Å². The number of benzene rings is 3. The lowest BCUT2D eigenvalue weighted by molar-refractivity contribution is 0.102. The van der Waals surface area contributed by atoms with Crippen molar-refractivity contribution in [1.29, 1.82) is 0 Å². The van der Waals surface area contributed by atoms with Gasteiger partial charge in [0, 0.05) is 15.2 Å². The zero-order valence-corrected chi connectivity index (χ0v) is 19.8. The molecule has 10 heteroatoms. The van der Waals surface area contributed by atoms with Gasteiger partial charge in [-0.2, -0.15) is 0 Å². The second-order valence-corrected chi connectivity index (χ2v) is 10.4. The maximum absolute atomic E-state index is 12.9. The van der Waals surface area contributed by atoms with Crippen LogP contribution in [0.1, 0.15) is 10.4 Å². The number of hydrogen-bond donors (Lipinski definition) is 2. The number of halogens is 4. The van der Waals surface area contributed by atoms with Crippen LogP contribution in [0.15, 0.2) is 73.3 Å².